The normalized spacial score (nSPS) is 24.6. The Balaban J connectivity index is 2.39. The first kappa shape index (κ1) is 9.83. The van der Waals surface area contributed by atoms with E-state index in [4.69, 9.17) is 0 Å². The van der Waals surface area contributed by atoms with Gasteiger partial charge < -0.3 is 0 Å². The molecule has 0 spiro atoms. The van der Waals surface area contributed by atoms with Gasteiger partial charge in [-0.05, 0) is 0 Å². The summed E-state index contributed by atoms with van der Waals surface area (Å²) in [6.07, 6.45) is -1.09. The van der Waals surface area contributed by atoms with Crippen LogP contribution in [0.2, 0.25) is 0 Å². The van der Waals surface area contributed by atoms with E-state index in [1.54, 1.807) is 0 Å². The van der Waals surface area contributed by atoms with E-state index in [1.165, 1.54) is 0 Å². The van der Waals surface area contributed by atoms with Gasteiger partial charge in [0.2, 0.25) is 0 Å². The van der Waals surface area contributed by atoms with Gasteiger partial charge in [-0.15, -0.1) is 0 Å². The van der Waals surface area contributed by atoms with Crippen LogP contribution in [0.25, 0.3) is 0 Å². The molecule has 14 heavy (non-hydrogen) atoms. The summed E-state index contributed by atoms with van der Waals surface area (Å²) in [6.45, 7) is 0. The van der Waals surface area contributed by atoms with Crippen molar-refractivity contribution in [1.82, 2.24) is 0 Å². The van der Waals surface area contributed by atoms with Crippen molar-refractivity contribution in [1.29, 1.82) is 0 Å². The van der Waals surface area contributed by atoms with Crippen molar-refractivity contribution in [3.05, 3.63) is 0 Å². The third kappa shape index (κ3) is 1.61. The molecule has 2 saturated heterocycles. The van der Waals surface area contributed by atoms with Crippen LogP contribution in [-0.4, -0.2) is 52.7 Å². The van der Waals surface area contributed by atoms with Gasteiger partial charge in [0.15, 0.2) is 0 Å². The molecule has 2 aliphatic rings. The molecule has 0 aromatic carbocycles. The fourth-order valence-corrected chi connectivity index (χ4v) is 5.66. The molecule has 0 atom stereocenters. The number of aliphatic hydroxyl groups is 1. The van der Waals surface area contributed by atoms with E-state index in [9.17, 15) is 19.5 Å². The molecular formula is C6H5O7Tl. The Bertz CT molecular complexity index is 304. The number of fused-ring (bicyclic) bond motifs is 3. The fraction of sp³-hybridized carbons (Fsp3) is 0.500. The Morgan fingerprint density at radius 2 is 1.57 bits per heavy atom. The standard InChI is InChI=1S/C6H8O7.Tl/c7-3(8)1-6(13,5(11)12)2-4(9)10;/h13H,1-2H2,(H,7,8)(H,9,10)(H,11,12);/q;+3/p-3. The van der Waals surface area contributed by atoms with Crippen LogP contribution in [-0.2, 0) is 22.4 Å². The second-order valence-corrected chi connectivity index (χ2v) is 8.05. The zero-order chi connectivity index (χ0) is 10.3. The maximum absolute atomic E-state index is 11.2. The first-order valence-electron chi connectivity index (χ1n) is 3.82. The molecule has 2 heterocycles. The Labute approximate surface area is 88.0 Å². The van der Waals surface area contributed by atoms with E-state index < -0.39 is 60.4 Å². The summed E-state index contributed by atoms with van der Waals surface area (Å²) in [5.41, 5.74) is -2.10. The summed E-state index contributed by atoms with van der Waals surface area (Å²) in [5, 5.41) is 9.65. The third-order valence-electron chi connectivity index (χ3n) is 1.91. The van der Waals surface area contributed by atoms with Crippen LogP contribution in [0.15, 0.2) is 0 Å². The summed E-state index contributed by atoms with van der Waals surface area (Å²) < 4.78 is 13.9. The summed E-state index contributed by atoms with van der Waals surface area (Å²) in [7, 11) is 0. The van der Waals surface area contributed by atoms with Crippen LogP contribution in [0.4, 0.5) is 0 Å². The zero-order valence-corrected chi connectivity index (χ0v) is 11.4. The number of hydrogen-bond donors (Lipinski definition) is 1. The van der Waals surface area contributed by atoms with Crippen molar-refractivity contribution in [2.24, 2.45) is 0 Å². The van der Waals surface area contributed by atoms with E-state index in [2.05, 4.69) is 8.06 Å². The van der Waals surface area contributed by atoms with Gasteiger partial charge in [0.1, 0.15) is 0 Å². The second kappa shape index (κ2) is 3.15. The quantitative estimate of drug-likeness (QED) is 0.482. The van der Waals surface area contributed by atoms with Crippen LogP contribution < -0.4 is 0 Å². The molecule has 8 heteroatoms. The molecule has 74 valence electrons. The topological polar surface area (TPSA) is 99.1 Å². The Morgan fingerprint density at radius 3 is 2.07 bits per heavy atom. The average Bonchev–Trinajstić information content (AvgIpc) is 2.13. The summed E-state index contributed by atoms with van der Waals surface area (Å²) >= 11 is -3.89. The molecule has 2 fully saturated rings. The zero-order valence-electron chi connectivity index (χ0n) is 6.89. The predicted molar refractivity (Wildman–Crippen MR) is 38.2 cm³/mol. The molecule has 0 saturated carbocycles. The van der Waals surface area contributed by atoms with Gasteiger partial charge in [-0.2, -0.15) is 0 Å². The molecular weight excluding hydrogens is 388 g/mol. The molecule has 2 aliphatic heterocycles. The predicted octanol–water partition coefficient (Wildman–Crippen LogP) is -1.86. The van der Waals surface area contributed by atoms with Gasteiger partial charge >= 0.3 is 88.0 Å². The van der Waals surface area contributed by atoms with Crippen molar-refractivity contribution < 1.29 is 27.6 Å². The Kier molecular flexibility index (Phi) is 2.22. The molecule has 0 aliphatic carbocycles. The molecule has 1 N–H and O–H groups in total. The number of rotatable bonds is 0. The van der Waals surface area contributed by atoms with Gasteiger partial charge in [0.25, 0.3) is 0 Å². The van der Waals surface area contributed by atoms with E-state index >= 15 is 0 Å². The monoisotopic (exact) mass is 394 g/mol. The molecule has 0 unspecified atom stereocenters. The van der Waals surface area contributed by atoms with E-state index in [0.29, 0.717) is 0 Å². The Hall–Kier alpha value is -0.708. The number of hydrogen-bond acceptors (Lipinski definition) is 7. The van der Waals surface area contributed by atoms with Crippen LogP contribution >= 0.6 is 0 Å². The van der Waals surface area contributed by atoms with Crippen LogP contribution in [0, 0.1) is 0 Å². The van der Waals surface area contributed by atoms with Crippen LogP contribution in [0.3, 0.4) is 0 Å². The molecule has 2 bridgehead atoms. The van der Waals surface area contributed by atoms with Gasteiger partial charge in [-0.1, -0.05) is 0 Å². The first-order chi connectivity index (χ1) is 6.49. The van der Waals surface area contributed by atoms with Crippen molar-refractivity contribution in [3.63, 3.8) is 0 Å². The maximum atomic E-state index is 11.2. The minimum absolute atomic E-state index is 0.544. The summed E-state index contributed by atoms with van der Waals surface area (Å²) in [6, 6.07) is 0. The Morgan fingerprint density at radius 1 is 1.07 bits per heavy atom. The average molecular weight is 393 g/mol. The van der Waals surface area contributed by atoms with Crippen LogP contribution in [0.1, 0.15) is 12.8 Å². The number of carbonyl (C=O) groups is 3. The van der Waals surface area contributed by atoms with Gasteiger partial charge in [0.05, 0.1) is 0 Å². The summed E-state index contributed by atoms with van der Waals surface area (Å²) in [4.78, 5) is 33.2. The van der Waals surface area contributed by atoms with Gasteiger partial charge in [-0.25, -0.2) is 0 Å². The fourth-order valence-electron chi connectivity index (χ4n) is 1.25. The molecule has 0 amide bonds. The molecule has 0 radical (unpaired) electrons. The van der Waals surface area contributed by atoms with Gasteiger partial charge in [0, 0.05) is 0 Å². The third-order valence-corrected chi connectivity index (χ3v) is 7.03. The first-order valence-corrected chi connectivity index (χ1v) is 9.32. The van der Waals surface area contributed by atoms with Crippen molar-refractivity contribution in [2.75, 3.05) is 0 Å². The SMILES string of the molecule is O=C1CC2(O)CC(=O)[O][Tl]([O]1)[O]C2=O. The van der Waals surface area contributed by atoms with E-state index in [0.717, 1.165) is 0 Å². The van der Waals surface area contributed by atoms with Crippen molar-refractivity contribution in [2.45, 2.75) is 18.4 Å². The molecule has 0 aromatic heterocycles. The van der Waals surface area contributed by atoms with E-state index in [1.807, 2.05) is 0 Å². The van der Waals surface area contributed by atoms with Gasteiger partial charge in [-0.3, -0.25) is 0 Å². The second-order valence-electron chi connectivity index (χ2n) is 3.06. The number of carbonyl (C=O) groups excluding carboxylic acids is 3. The molecule has 0 aromatic rings. The van der Waals surface area contributed by atoms with Crippen LogP contribution in [0.5, 0.6) is 0 Å². The molecule has 2 rings (SSSR count). The molecule has 7 nitrogen and oxygen atoms in total. The van der Waals surface area contributed by atoms with E-state index in [-0.39, 0.29) is 0 Å². The van der Waals surface area contributed by atoms with Crippen molar-refractivity contribution >= 4 is 42.0 Å². The summed E-state index contributed by atoms with van der Waals surface area (Å²) in [5.74, 6) is -2.49. The van der Waals surface area contributed by atoms with Crippen molar-refractivity contribution in [3.8, 4) is 0 Å². The minimum atomic E-state index is -3.89.